The molecule has 8 nitrogen and oxygen atoms in total. The number of carbonyl (C=O) groups is 2. The molecule has 0 saturated carbocycles. The minimum absolute atomic E-state index is 0.00889. The third kappa shape index (κ3) is 3.88. The highest BCUT2D eigenvalue weighted by atomic mass is 16.5. The van der Waals surface area contributed by atoms with E-state index < -0.39 is 0 Å². The number of hydrogen-bond acceptors (Lipinski definition) is 6. The summed E-state index contributed by atoms with van der Waals surface area (Å²) in [6, 6.07) is 0.143. The maximum absolute atomic E-state index is 12.9. The van der Waals surface area contributed by atoms with Gasteiger partial charge in [0, 0.05) is 51.4 Å². The Labute approximate surface area is 155 Å². The summed E-state index contributed by atoms with van der Waals surface area (Å²) in [4.78, 5) is 31.3. The van der Waals surface area contributed by atoms with Crippen LogP contribution in [0.2, 0.25) is 0 Å². The molecule has 3 fully saturated rings. The summed E-state index contributed by atoms with van der Waals surface area (Å²) >= 11 is 0. The van der Waals surface area contributed by atoms with Gasteiger partial charge in [-0.05, 0) is 20.5 Å². The van der Waals surface area contributed by atoms with Gasteiger partial charge in [0.05, 0.1) is 25.7 Å². The number of nitrogens with zero attached hydrogens (tertiary/aromatic N) is 3. The Morgan fingerprint density at radius 1 is 1.35 bits per heavy atom. The second kappa shape index (κ2) is 8.21. The van der Waals surface area contributed by atoms with E-state index in [1.54, 1.807) is 7.11 Å². The van der Waals surface area contributed by atoms with Gasteiger partial charge in [0.2, 0.25) is 11.8 Å². The molecule has 1 spiro atoms. The van der Waals surface area contributed by atoms with Crippen LogP contribution in [0, 0.1) is 11.3 Å². The molecule has 3 atom stereocenters. The fourth-order valence-electron chi connectivity index (χ4n) is 4.47. The third-order valence-electron chi connectivity index (χ3n) is 5.86. The summed E-state index contributed by atoms with van der Waals surface area (Å²) in [6.07, 6.45) is 0.796. The van der Waals surface area contributed by atoms with Gasteiger partial charge in [0.1, 0.15) is 6.61 Å². The highest BCUT2D eigenvalue weighted by Gasteiger charge is 2.52. The average molecular weight is 369 g/mol. The Morgan fingerprint density at radius 3 is 2.81 bits per heavy atom. The molecule has 3 aliphatic rings. The molecule has 8 heteroatoms. The molecule has 3 heterocycles. The maximum Gasteiger partial charge on any atom is 0.248 e. The standard InChI is InChI=1S/C18H31N3O5/c1-19(2)15-8-21(17(23)14-4-6-25-9-14)12-18(15)11-20(5-7-24-3)16(22)10-26-13-18/h14-15H,4-13H2,1-3H3/t14?,15-,18-/m1/s1. The number of ether oxygens (including phenoxy) is 3. The first-order valence-electron chi connectivity index (χ1n) is 9.34. The van der Waals surface area contributed by atoms with Crippen LogP contribution in [0.15, 0.2) is 0 Å². The van der Waals surface area contributed by atoms with Crippen molar-refractivity contribution in [2.45, 2.75) is 12.5 Å². The second-order valence-corrected chi connectivity index (χ2v) is 7.92. The fourth-order valence-corrected chi connectivity index (χ4v) is 4.47. The molecule has 2 amide bonds. The number of likely N-dealkylation sites (tertiary alicyclic amines) is 1. The summed E-state index contributed by atoms with van der Waals surface area (Å²) in [6.45, 7) is 4.66. The third-order valence-corrected chi connectivity index (χ3v) is 5.86. The molecule has 148 valence electrons. The van der Waals surface area contributed by atoms with E-state index in [-0.39, 0.29) is 35.8 Å². The minimum Gasteiger partial charge on any atom is -0.383 e. The zero-order valence-electron chi connectivity index (χ0n) is 16.1. The zero-order valence-corrected chi connectivity index (χ0v) is 16.1. The molecule has 3 saturated heterocycles. The molecule has 0 radical (unpaired) electrons. The van der Waals surface area contributed by atoms with Gasteiger partial charge in [-0.25, -0.2) is 0 Å². The number of amides is 2. The molecule has 0 aromatic rings. The molecule has 0 bridgehead atoms. The average Bonchev–Trinajstić information content (AvgIpc) is 3.23. The van der Waals surface area contributed by atoms with E-state index in [9.17, 15) is 9.59 Å². The predicted octanol–water partition coefficient (Wildman–Crippen LogP) is -0.713. The van der Waals surface area contributed by atoms with Crippen LogP contribution in [-0.4, -0.2) is 113 Å². The van der Waals surface area contributed by atoms with Crippen molar-refractivity contribution < 1.29 is 23.8 Å². The number of likely N-dealkylation sites (N-methyl/N-ethyl adjacent to an activating group) is 1. The summed E-state index contributed by atoms with van der Waals surface area (Å²) in [5.74, 6) is 0.126. The van der Waals surface area contributed by atoms with Gasteiger partial charge in [0.25, 0.3) is 0 Å². The van der Waals surface area contributed by atoms with Crippen molar-refractivity contribution in [2.24, 2.45) is 11.3 Å². The molecule has 26 heavy (non-hydrogen) atoms. The van der Waals surface area contributed by atoms with Crippen molar-refractivity contribution >= 4 is 11.8 Å². The quantitative estimate of drug-likeness (QED) is 0.637. The van der Waals surface area contributed by atoms with Crippen LogP contribution in [-0.2, 0) is 23.8 Å². The van der Waals surface area contributed by atoms with Crippen LogP contribution in [0.3, 0.4) is 0 Å². The maximum atomic E-state index is 12.9. The van der Waals surface area contributed by atoms with Crippen LogP contribution in [0.4, 0.5) is 0 Å². The van der Waals surface area contributed by atoms with E-state index in [1.807, 2.05) is 23.9 Å². The Kier molecular flexibility index (Phi) is 6.17. The van der Waals surface area contributed by atoms with Gasteiger partial charge >= 0.3 is 0 Å². The van der Waals surface area contributed by atoms with Crippen molar-refractivity contribution in [1.82, 2.24) is 14.7 Å². The normalized spacial score (nSPS) is 32.7. The number of rotatable bonds is 5. The lowest BCUT2D eigenvalue weighted by Gasteiger charge is -2.38. The highest BCUT2D eigenvalue weighted by molar-refractivity contribution is 5.80. The van der Waals surface area contributed by atoms with Gasteiger partial charge in [-0.2, -0.15) is 0 Å². The van der Waals surface area contributed by atoms with E-state index in [0.717, 1.165) is 6.42 Å². The topological polar surface area (TPSA) is 71.5 Å². The Balaban J connectivity index is 1.79. The molecule has 0 N–H and O–H groups in total. The zero-order chi connectivity index (χ0) is 18.7. The van der Waals surface area contributed by atoms with Crippen LogP contribution >= 0.6 is 0 Å². The lowest BCUT2D eigenvalue weighted by molar-refractivity contribution is -0.135. The Morgan fingerprint density at radius 2 is 2.15 bits per heavy atom. The van der Waals surface area contributed by atoms with Crippen molar-refractivity contribution in [3.05, 3.63) is 0 Å². The molecule has 3 rings (SSSR count). The van der Waals surface area contributed by atoms with Gasteiger partial charge in [-0.3, -0.25) is 9.59 Å². The van der Waals surface area contributed by atoms with E-state index in [0.29, 0.717) is 52.6 Å². The fraction of sp³-hybridized carbons (Fsp3) is 0.889. The van der Waals surface area contributed by atoms with E-state index >= 15 is 0 Å². The Hall–Kier alpha value is -1.22. The summed E-state index contributed by atoms with van der Waals surface area (Å²) < 4.78 is 16.3. The summed E-state index contributed by atoms with van der Waals surface area (Å²) in [7, 11) is 5.70. The highest BCUT2D eigenvalue weighted by Crippen LogP contribution is 2.37. The molecule has 0 aliphatic carbocycles. The molecular formula is C18H31N3O5. The minimum atomic E-state index is -0.279. The van der Waals surface area contributed by atoms with Crippen molar-refractivity contribution in [3.63, 3.8) is 0 Å². The molecule has 0 aromatic carbocycles. The predicted molar refractivity (Wildman–Crippen MR) is 94.7 cm³/mol. The molecule has 3 aliphatic heterocycles. The van der Waals surface area contributed by atoms with Gasteiger partial charge in [-0.1, -0.05) is 0 Å². The van der Waals surface area contributed by atoms with Crippen molar-refractivity contribution in [2.75, 3.05) is 80.4 Å². The van der Waals surface area contributed by atoms with Crippen LogP contribution in [0.25, 0.3) is 0 Å². The van der Waals surface area contributed by atoms with Crippen LogP contribution in [0.5, 0.6) is 0 Å². The van der Waals surface area contributed by atoms with Crippen LogP contribution < -0.4 is 0 Å². The lowest BCUT2D eigenvalue weighted by Crippen LogP contribution is -2.52. The first-order chi connectivity index (χ1) is 12.5. The number of methoxy groups -OCH3 is 1. The summed E-state index contributed by atoms with van der Waals surface area (Å²) in [5, 5.41) is 0. The van der Waals surface area contributed by atoms with E-state index in [1.165, 1.54) is 0 Å². The first-order valence-corrected chi connectivity index (χ1v) is 9.34. The van der Waals surface area contributed by atoms with Crippen LogP contribution in [0.1, 0.15) is 6.42 Å². The largest absolute Gasteiger partial charge is 0.383 e. The van der Waals surface area contributed by atoms with Gasteiger partial charge in [-0.15, -0.1) is 0 Å². The van der Waals surface area contributed by atoms with Crippen molar-refractivity contribution in [1.29, 1.82) is 0 Å². The van der Waals surface area contributed by atoms with Gasteiger partial charge in [0.15, 0.2) is 0 Å². The number of hydrogen-bond donors (Lipinski definition) is 0. The number of carbonyl (C=O) groups excluding carboxylic acids is 2. The SMILES string of the molecule is COCCN1C[C@]2(COCC1=O)CN(C(=O)C1CCOC1)C[C@H]2N(C)C. The second-order valence-electron chi connectivity index (χ2n) is 7.92. The molecule has 1 unspecified atom stereocenters. The van der Waals surface area contributed by atoms with Gasteiger partial charge < -0.3 is 28.9 Å². The smallest absolute Gasteiger partial charge is 0.248 e. The molecular weight excluding hydrogens is 338 g/mol. The van der Waals surface area contributed by atoms with E-state index in [4.69, 9.17) is 14.2 Å². The van der Waals surface area contributed by atoms with Crippen molar-refractivity contribution in [3.8, 4) is 0 Å². The monoisotopic (exact) mass is 369 g/mol. The first kappa shape index (κ1) is 19.5. The Bertz CT molecular complexity index is 523. The van der Waals surface area contributed by atoms with E-state index in [2.05, 4.69) is 4.90 Å². The summed E-state index contributed by atoms with van der Waals surface area (Å²) in [5.41, 5.74) is -0.279. The lowest BCUT2D eigenvalue weighted by atomic mass is 9.82. The molecule has 0 aromatic heterocycles.